The number of thioether (sulfide) groups is 1. The average molecular weight is 184 g/mol. The minimum atomic E-state index is 0.472. The van der Waals surface area contributed by atoms with Crippen LogP contribution >= 0.6 is 24.4 Å². The molecule has 1 rings (SSSR count). The Balaban J connectivity index is 2.39. The van der Waals surface area contributed by atoms with E-state index in [2.05, 4.69) is 43.8 Å². The second kappa shape index (κ2) is 4.73. The van der Waals surface area contributed by atoms with Gasteiger partial charge in [0.05, 0.1) is 0 Å². The highest BCUT2D eigenvalue weighted by Crippen LogP contribution is 2.18. The van der Waals surface area contributed by atoms with Crippen LogP contribution in [0.4, 0.5) is 0 Å². The zero-order valence-corrected chi connectivity index (χ0v) is 8.24. The molecule has 0 heterocycles. The van der Waals surface area contributed by atoms with Crippen molar-refractivity contribution in [1.29, 1.82) is 0 Å². The molecule has 0 N–H and O–H groups in total. The SMILES string of the molecule is CC(S)CSc1ccccc1. The first-order chi connectivity index (χ1) is 5.29. The highest BCUT2D eigenvalue weighted by atomic mass is 32.2. The van der Waals surface area contributed by atoms with Crippen molar-refractivity contribution in [3.63, 3.8) is 0 Å². The molecule has 0 saturated heterocycles. The fourth-order valence-electron chi connectivity index (χ4n) is 0.734. The zero-order chi connectivity index (χ0) is 8.10. The largest absolute Gasteiger partial charge is 0.175 e. The minimum Gasteiger partial charge on any atom is -0.175 e. The molecule has 0 aliphatic rings. The van der Waals surface area contributed by atoms with Crippen LogP contribution in [0.2, 0.25) is 0 Å². The van der Waals surface area contributed by atoms with Crippen LogP contribution < -0.4 is 0 Å². The van der Waals surface area contributed by atoms with Gasteiger partial charge < -0.3 is 0 Å². The standard InChI is InChI=1S/C9H12S2/c1-8(10)7-11-9-5-3-2-4-6-9/h2-6,8,10H,7H2,1H3. The number of hydrogen-bond acceptors (Lipinski definition) is 2. The van der Waals surface area contributed by atoms with Crippen molar-refractivity contribution >= 4 is 24.4 Å². The number of hydrogen-bond donors (Lipinski definition) is 1. The van der Waals surface area contributed by atoms with Crippen LogP contribution in [0.15, 0.2) is 35.2 Å². The van der Waals surface area contributed by atoms with Gasteiger partial charge in [-0.3, -0.25) is 0 Å². The summed E-state index contributed by atoms with van der Waals surface area (Å²) in [6.07, 6.45) is 0. The van der Waals surface area contributed by atoms with Gasteiger partial charge in [0, 0.05) is 15.9 Å². The van der Waals surface area contributed by atoms with Gasteiger partial charge in [0.1, 0.15) is 0 Å². The van der Waals surface area contributed by atoms with Crippen LogP contribution in [-0.2, 0) is 0 Å². The van der Waals surface area contributed by atoms with Crippen molar-refractivity contribution in [2.24, 2.45) is 0 Å². The molecule has 1 aromatic rings. The first-order valence-electron chi connectivity index (χ1n) is 3.65. The summed E-state index contributed by atoms with van der Waals surface area (Å²) in [5.41, 5.74) is 0. The Morgan fingerprint density at radius 3 is 2.55 bits per heavy atom. The number of thiol groups is 1. The van der Waals surface area contributed by atoms with Crippen LogP contribution in [0.5, 0.6) is 0 Å². The van der Waals surface area contributed by atoms with Gasteiger partial charge in [0.25, 0.3) is 0 Å². The van der Waals surface area contributed by atoms with E-state index >= 15 is 0 Å². The van der Waals surface area contributed by atoms with Crippen molar-refractivity contribution in [2.45, 2.75) is 17.1 Å². The minimum absolute atomic E-state index is 0.472. The fraction of sp³-hybridized carbons (Fsp3) is 0.333. The number of benzene rings is 1. The summed E-state index contributed by atoms with van der Waals surface area (Å²) in [6.45, 7) is 2.11. The molecule has 1 atom stereocenters. The monoisotopic (exact) mass is 184 g/mol. The van der Waals surface area contributed by atoms with E-state index in [-0.39, 0.29) is 0 Å². The first-order valence-corrected chi connectivity index (χ1v) is 5.15. The zero-order valence-electron chi connectivity index (χ0n) is 6.53. The lowest BCUT2D eigenvalue weighted by Crippen LogP contribution is -1.93. The van der Waals surface area contributed by atoms with Crippen molar-refractivity contribution in [3.05, 3.63) is 30.3 Å². The molecule has 0 radical (unpaired) electrons. The summed E-state index contributed by atoms with van der Waals surface area (Å²) in [4.78, 5) is 1.33. The summed E-state index contributed by atoms with van der Waals surface area (Å²) in [5.74, 6) is 1.08. The maximum Gasteiger partial charge on any atom is 0.00943 e. The van der Waals surface area contributed by atoms with Gasteiger partial charge >= 0.3 is 0 Å². The Morgan fingerprint density at radius 1 is 1.36 bits per heavy atom. The molecule has 0 nitrogen and oxygen atoms in total. The van der Waals surface area contributed by atoms with E-state index in [0.29, 0.717) is 5.25 Å². The molecule has 11 heavy (non-hydrogen) atoms. The highest BCUT2D eigenvalue weighted by molar-refractivity contribution is 8.00. The van der Waals surface area contributed by atoms with E-state index in [4.69, 9.17) is 0 Å². The third kappa shape index (κ3) is 3.73. The van der Waals surface area contributed by atoms with E-state index in [0.717, 1.165) is 5.75 Å². The summed E-state index contributed by atoms with van der Waals surface area (Å²) in [5, 5.41) is 0.472. The predicted octanol–water partition coefficient (Wildman–Crippen LogP) is 3.10. The van der Waals surface area contributed by atoms with Crippen LogP contribution in [-0.4, -0.2) is 11.0 Å². The molecule has 0 aliphatic heterocycles. The molecule has 1 unspecified atom stereocenters. The van der Waals surface area contributed by atoms with Gasteiger partial charge in [0.15, 0.2) is 0 Å². The Hall–Kier alpha value is -0.0800. The molecule has 2 heteroatoms. The van der Waals surface area contributed by atoms with Gasteiger partial charge in [-0.1, -0.05) is 25.1 Å². The van der Waals surface area contributed by atoms with Gasteiger partial charge in [-0.05, 0) is 12.1 Å². The maximum absolute atomic E-state index is 4.31. The van der Waals surface area contributed by atoms with E-state index < -0.39 is 0 Å². The highest BCUT2D eigenvalue weighted by Gasteiger charge is 1.95. The summed E-state index contributed by atoms with van der Waals surface area (Å²) in [7, 11) is 0. The smallest absolute Gasteiger partial charge is 0.00943 e. The first kappa shape index (κ1) is 9.01. The lowest BCUT2D eigenvalue weighted by molar-refractivity contribution is 1.14. The molecule has 0 bridgehead atoms. The van der Waals surface area contributed by atoms with Gasteiger partial charge in [0.2, 0.25) is 0 Å². The molecule has 0 spiro atoms. The van der Waals surface area contributed by atoms with Crippen LogP contribution in [0.25, 0.3) is 0 Å². The molecule has 60 valence electrons. The number of rotatable bonds is 3. The van der Waals surface area contributed by atoms with Crippen molar-refractivity contribution < 1.29 is 0 Å². The molecule has 0 amide bonds. The van der Waals surface area contributed by atoms with Crippen molar-refractivity contribution in [1.82, 2.24) is 0 Å². The molecule has 0 saturated carbocycles. The van der Waals surface area contributed by atoms with E-state index in [1.54, 1.807) is 0 Å². The fourth-order valence-corrected chi connectivity index (χ4v) is 1.74. The average Bonchev–Trinajstić information content (AvgIpc) is 2.03. The third-order valence-electron chi connectivity index (χ3n) is 1.23. The Bertz CT molecular complexity index is 194. The van der Waals surface area contributed by atoms with Crippen LogP contribution in [0.3, 0.4) is 0 Å². The summed E-state index contributed by atoms with van der Waals surface area (Å²) < 4.78 is 0. The molecule has 0 fully saturated rings. The molecule has 0 aliphatic carbocycles. The molecular weight excluding hydrogens is 172 g/mol. The molecular formula is C9H12S2. The van der Waals surface area contributed by atoms with Crippen LogP contribution in [0.1, 0.15) is 6.92 Å². The van der Waals surface area contributed by atoms with Crippen LogP contribution in [0, 0.1) is 0 Å². The van der Waals surface area contributed by atoms with E-state index in [9.17, 15) is 0 Å². The Kier molecular flexibility index (Phi) is 3.87. The Morgan fingerprint density at radius 2 is 2.00 bits per heavy atom. The molecule has 1 aromatic carbocycles. The predicted molar refractivity (Wildman–Crippen MR) is 55.6 cm³/mol. The maximum atomic E-state index is 4.31. The second-order valence-corrected chi connectivity index (χ2v) is 4.45. The lowest BCUT2D eigenvalue weighted by atomic mass is 10.4. The summed E-state index contributed by atoms with van der Waals surface area (Å²) >= 11 is 6.16. The van der Waals surface area contributed by atoms with Gasteiger partial charge in [-0.2, -0.15) is 12.6 Å². The van der Waals surface area contributed by atoms with Gasteiger partial charge in [-0.15, -0.1) is 11.8 Å². The van der Waals surface area contributed by atoms with E-state index in [1.807, 2.05) is 17.8 Å². The van der Waals surface area contributed by atoms with Gasteiger partial charge in [-0.25, -0.2) is 0 Å². The second-order valence-electron chi connectivity index (χ2n) is 2.47. The third-order valence-corrected chi connectivity index (χ3v) is 2.94. The Labute approximate surface area is 77.8 Å². The van der Waals surface area contributed by atoms with Crippen molar-refractivity contribution in [2.75, 3.05) is 5.75 Å². The van der Waals surface area contributed by atoms with E-state index in [1.165, 1.54) is 4.90 Å². The summed E-state index contributed by atoms with van der Waals surface area (Å²) in [6, 6.07) is 10.4. The van der Waals surface area contributed by atoms with Crippen molar-refractivity contribution in [3.8, 4) is 0 Å². The topological polar surface area (TPSA) is 0 Å². The molecule has 0 aromatic heterocycles. The lowest BCUT2D eigenvalue weighted by Gasteiger charge is -2.02. The quantitative estimate of drug-likeness (QED) is 0.556. The normalized spacial score (nSPS) is 12.9.